The van der Waals surface area contributed by atoms with Crippen LogP contribution in [0.5, 0.6) is 5.88 Å². The maximum Gasteiger partial charge on any atom is 0.258 e. The number of pyridine rings is 1. The Balaban J connectivity index is 2.03. The minimum Gasteiger partial charge on any atom is -0.477 e. The molecule has 112 valence electrons. The summed E-state index contributed by atoms with van der Waals surface area (Å²) in [6, 6.07) is 11.7. The van der Waals surface area contributed by atoms with Gasteiger partial charge in [0, 0.05) is 11.3 Å². The van der Waals surface area contributed by atoms with E-state index < -0.39 is 0 Å². The molecule has 3 rings (SSSR count). The Morgan fingerprint density at radius 2 is 1.82 bits per heavy atom. The molecule has 0 bridgehead atoms. The van der Waals surface area contributed by atoms with E-state index in [-0.39, 0.29) is 0 Å². The highest BCUT2D eigenvalue weighted by Crippen LogP contribution is 2.29. The van der Waals surface area contributed by atoms with E-state index in [0.29, 0.717) is 24.2 Å². The van der Waals surface area contributed by atoms with Crippen molar-refractivity contribution in [3.8, 4) is 28.7 Å². The van der Waals surface area contributed by atoms with Crippen LogP contribution < -0.4 is 4.74 Å². The number of benzene rings is 1. The van der Waals surface area contributed by atoms with Crippen molar-refractivity contribution < 1.29 is 9.26 Å². The summed E-state index contributed by atoms with van der Waals surface area (Å²) in [5, 5.41) is 4.07. The minimum atomic E-state index is 0.481. The van der Waals surface area contributed by atoms with Crippen molar-refractivity contribution in [3.05, 3.63) is 47.7 Å². The summed E-state index contributed by atoms with van der Waals surface area (Å²) in [4.78, 5) is 8.88. The Kier molecular flexibility index (Phi) is 3.87. The molecule has 0 unspecified atom stereocenters. The van der Waals surface area contributed by atoms with Crippen LogP contribution >= 0.6 is 0 Å². The second kappa shape index (κ2) is 5.97. The average Bonchev–Trinajstić information content (AvgIpc) is 2.98. The molecule has 5 heteroatoms. The summed E-state index contributed by atoms with van der Waals surface area (Å²) in [7, 11) is 0. The van der Waals surface area contributed by atoms with Crippen LogP contribution in [0.15, 0.2) is 40.9 Å². The van der Waals surface area contributed by atoms with Gasteiger partial charge in [-0.05, 0) is 44.5 Å². The number of nitrogens with zero attached hydrogens (tertiary/aromatic N) is 3. The zero-order chi connectivity index (χ0) is 15.5. The van der Waals surface area contributed by atoms with Gasteiger partial charge in [-0.1, -0.05) is 23.4 Å². The smallest absolute Gasteiger partial charge is 0.258 e. The Morgan fingerprint density at radius 1 is 1.00 bits per heavy atom. The van der Waals surface area contributed by atoms with Crippen LogP contribution in [0.1, 0.15) is 18.2 Å². The van der Waals surface area contributed by atoms with Gasteiger partial charge in [0.05, 0.1) is 12.2 Å². The molecule has 1 aromatic carbocycles. The van der Waals surface area contributed by atoms with Crippen molar-refractivity contribution in [2.24, 2.45) is 0 Å². The maximum absolute atomic E-state index is 5.58. The molecule has 0 radical (unpaired) electrons. The van der Waals surface area contributed by atoms with E-state index in [1.165, 1.54) is 0 Å². The van der Waals surface area contributed by atoms with E-state index in [1.54, 1.807) is 0 Å². The monoisotopic (exact) mass is 295 g/mol. The molecule has 0 aliphatic carbocycles. The van der Waals surface area contributed by atoms with Crippen molar-refractivity contribution >= 4 is 0 Å². The summed E-state index contributed by atoms with van der Waals surface area (Å²) in [5.74, 6) is 1.50. The van der Waals surface area contributed by atoms with Crippen LogP contribution in [-0.2, 0) is 0 Å². The van der Waals surface area contributed by atoms with Gasteiger partial charge >= 0.3 is 0 Å². The van der Waals surface area contributed by atoms with Crippen molar-refractivity contribution in [3.63, 3.8) is 0 Å². The molecule has 0 N–H and O–H groups in total. The van der Waals surface area contributed by atoms with Crippen molar-refractivity contribution in [2.75, 3.05) is 6.61 Å². The quantitative estimate of drug-likeness (QED) is 0.732. The van der Waals surface area contributed by atoms with Crippen LogP contribution in [0.3, 0.4) is 0 Å². The predicted molar refractivity (Wildman–Crippen MR) is 83.6 cm³/mol. The molecule has 0 saturated carbocycles. The molecule has 5 nitrogen and oxygen atoms in total. The average molecular weight is 295 g/mol. The molecule has 22 heavy (non-hydrogen) atoms. The largest absolute Gasteiger partial charge is 0.477 e. The first-order valence-corrected chi connectivity index (χ1v) is 7.19. The molecule has 0 spiro atoms. The van der Waals surface area contributed by atoms with Gasteiger partial charge in [0.25, 0.3) is 5.89 Å². The lowest BCUT2D eigenvalue weighted by Gasteiger charge is -2.06. The van der Waals surface area contributed by atoms with Gasteiger partial charge in [0.15, 0.2) is 0 Å². The van der Waals surface area contributed by atoms with Crippen molar-refractivity contribution in [1.82, 2.24) is 15.1 Å². The van der Waals surface area contributed by atoms with Gasteiger partial charge in [-0.25, -0.2) is 4.98 Å². The molecule has 0 amide bonds. The molecule has 2 heterocycles. The van der Waals surface area contributed by atoms with E-state index in [9.17, 15) is 0 Å². The third-order valence-corrected chi connectivity index (χ3v) is 3.32. The van der Waals surface area contributed by atoms with Crippen molar-refractivity contribution in [1.29, 1.82) is 0 Å². The number of hydrogen-bond donors (Lipinski definition) is 0. The van der Waals surface area contributed by atoms with E-state index in [4.69, 9.17) is 9.26 Å². The standard InChI is InChI=1S/C17H17N3O2/c1-4-21-16-14(10-9-12(3)18-16)15-19-17(22-20-15)13-8-6-5-7-11(13)2/h5-10H,4H2,1-3H3. The lowest BCUT2D eigenvalue weighted by atomic mass is 10.1. The van der Waals surface area contributed by atoms with Gasteiger partial charge in [-0.2, -0.15) is 4.98 Å². The number of hydrogen-bond acceptors (Lipinski definition) is 5. The van der Waals surface area contributed by atoms with Gasteiger partial charge in [-0.15, -0.1) is 0 Å². The first-order chi connectivity index (χ1) is 10.7. The molecule has 0 atom stereocenters. The molecule has 0 aliphatic rings. The van der Waals surface area contributed by atoms with Crippen LogP contribution in [0.2, 0.25) is 0 Å². The lowest BCUT2D eigenvalue weighted by molar-refractivity contribution is 0.327. The highest BCUT2D eigenvalue weighted by molar-refractivity contribution is 5.65. The molecule has 0 aliphatic heterocycles. The summed E-state index contributed by atoms with van der Waals surface area (Å²) in [6.45, 7) is 6.38. The summed E-state index contributed by atoms with van der Waals surface area (Å²) >= 11 is 0. The fraction of sp³-hybridized carbons (Fsp3) is 0.235. The number of rotatable bonds is 4. The molecular weight excluding hydrogens is 278 g/mol. The highest BCUT2D eigenvalue weighted by atomic mass is 16.5. The van der Waals surface area contributed by atoms with E-state index >= 15 is 0 Å². The second-order valence-corrected chi connectivity index (χ2v) is 4.98. The Morgan fingerprint density at radius 3 is 2.59 bits per heavy atom. The Bertz CT molecular complexity index is 796. The summed E-state index contributed by atoms with van der Waals surface area (Å²) < 4.78 is 11.0. The number of ether oxygens (including phenoxy) is 1. The lowest BCUT2D eigenvalue weighted by Crippen LogP contribution is -1.98. The van der Waals surface area contributed by atoms with Crippen LogP contribution in [0.25, 0.3) is 22.8 Å². The zero-order valence-corrected chi connectivity index (χ0v) is 12.8. The number of aromatic nitrogens is 3. The fourth-order valence-corrected chi connectivity index (χ4v) is 2.20. The molecule has 0 fully saturated rings. The molecule has 0 saturated heterocycles. The SMILES string of the molecule is CCOc1nc(C)ccc1-c1noc(-c2ccccc2C)n1. The first kappa shape index (κ1) is 14.3. The topological polar surface area (TPSA) is 61.0 Å². The van der Waals surface area contributed by atoms with E-state index in [1.807, 2.05) is 57.2 Å². The third kappa shape index (κ3) is 2.70. The fourth-order valence-electron chi connectivity index (χ4n) is 2.20. The summed E-state index contributed by atoms with van der Waals surface area (Å²) in [6.07, 6.45) is 0. The second-order valence-electron chi connectivity index (χ2n) is 4.98. The molecule has 3 aromatic rings. The van der Waals surface area contributed by atoms with Gasteiger partial charge in [0.2, 0.25) is 11.7 Å². The van der Waals surface area contributed by atoms with Crippen LogP contribution in [0.4, 0.5) is 0 Å². The van der Waals surface area contributed by atoms with E-state index in [2.05, 4.69) is 15.1 Å². The van der Waals surface area contributed by atoms with Gasteiger partial charge in [-0.3, -0.25) is 0 Å². The zero-order valence-electron chi connectivity index (χ0n) is 12.8. The van der Waals surface area contributed by atoms with Gasteiger partial charge in [0.1, 0.15) is 0 Å². The van der Waals surface area contributed by atoms with Crippen molar-refractivity contribution in [2.45, 2.75) is 20.8 Å². The Labute approximate surface area is 129 Å². The van der Waals surface area contributed by atoms with Crippen LogP contribution in [0, 0.1) is 13.8 Å². The van der Waals surface area contributed by atoms with Crippen LogP contribution in [-0.4, -0.2) is 21.7 Å². The molecule has 2 aromatic heterocycles. The highest BCUT2D eigenvalue weighted by Gasteiger charge is 2.16. The molecular formula is C17H17N3O2. The normalized spacial score (nSPS) is 10.7. The van der Waals surface area contributed by atoms with E-state index in [0.717, 1.165) is 22.4 Å². The minimum absolute atomic E-state index is 0.481. The predicted octanol–water partition coefficient (Wildman–Crippen LogP) is 3.81. The maximum atomic E-state index is 5.58. The third-order valence-electron chi connectivity index (χ3n) is 3.32. The summed E-state index contributed by atoms with van der Waals surface area (Å²) in [5.41, 5.74) is 3.63. The Hall–Kier alpha value is -2.69. The number of aryl methyl sites for hydroxylation is 2. The first-order valence-electron chi connectivity index (χ1n) is 7.19. The van der Waals surface area contributed by atoms with Gasteiger partial charge < -0.3 is 9.26 Å².